The number of nitriles is 1. The Morgan fingerprint density at radius 1 is 1.19 bits per heavy atom. The first-order chi connectivity index (χ1) is 17.6. The number of benzene rings is 2. The highest BCUT2D eigenvalue weighted by Gasteiger charge is 2.44. The fourth-order valence-electron chi connectivity index (χ4n) is 4.35. The highest BCUT2D eigenvalue weighted by molar-refractivity contribution is 8.03. The molecule has 0 saturated heterocycles. The number of allylic oxidation sites excluding steroid dienone is 1. The van der Waals surface area contributed by atoms with Crippen LogP contribution in [0.5, 0.6) is 5.75 Å². The molecule has 0 bridgehead atoms. The van der Waals surface area contributed by atoms with E-state index >= 15 is 0 Å². The van der Waals surface area contributed by atoms with Crippen molar-refractivity contribution in [1.82, 2.24) is 5.32 Å². The van der Waals surface area contributed by atoms with E-state index in [4.69, 9.17) is 21.1 Å². The zero-order valence-electron chi connectivity index (χ0n) is 21.2. The molecule has 0 aromatic heterocycles. The minimum atomic E-state index is -1.30. The predicted molar refractivity (Wildman–Crippen MR) is 143 cm³/mol. The lowest BCUT2D eigenvalue weighted by Crippen LogP contribution is -2.44. The lowest BCUT2D eigenvalue weighted by Gasteiger charge is -2.31. The SMILES string of the molecule is CCOc1ccc([C@H]2C(C#N)=C(SCC(=O)Nc3c(C)cc(C)cc3C)NC(=O)[C@H]2C(=O)OC)cc1Cl. The Bertz CT molecular complexity index is 1290. The molecule has 0 unspecified atom stereocenters. The molecule has 1 aliphatic rings. The number of anilines is 1. The van der Waals surface area contributed by atoms with Gasteiger partial charge in [-0.25, -0.2) is 0 Å². The van der Waals surface area contributed by atoms with Gasteiger partial charge < -0.3 is 20.1 Å². The molecule has 1 heterocycles. The maximum Gasteiger partial charge on any atom is 0.319 e. The third-order valence-electron chi connectivity index (χ3n) is 5.89. The number of thioether (sulfide) groups is 1. The molecule has 0 aliphatic carbocycles. The summed E-state index contributed by atoms with van der Waals surface area (Å²) in [6.45, 7) is 8.04. The van der Waals surface area contributed by atoms with Gasteiger partial charge in [-0.2, -0.15) is 5.26 Å². The van der Waals surface area contributed by atoms with Crippen molar-refractivity contribution in [3.05, 3.63) is 68.2 Å². The Labute approximate surface area is 225 Å². The van der Waals surface area contributed by atoms with E-state index in [1.54, 1.807) is 18.2 Å². The highest BCUT2D eigenvalue weighted by atomic mass is 35.5. The van der Waals surface area contributed by atoms with Crippen LogP contribution in [-0.2, 0) is 19.1 Å². The van der Waals surface area contributed by atoms with Crippen molar-refractivity contribution < 1.29 is 23.9 Å². The zero-order chi connectivity index (χ0) is 27.3. The number of hydrogen-bond acceptors (Lipinski definition) is 7. The van der Waals surface area contributed by atoms with Crippen LogP contribution < -0.4 is 15.4 Å². The van der Waals surface area contributed by atoms with Crippen molar-refractivity contribution in [2.24, 2.45) is 5.92 Å². The maximum atomic E-state index is 13.0. The van der Waals surface area contributed by atoms with Gasteiger partial charge in [-0.1, -0.05) is 47.1 Å². The van der Waals surface area contributed by atoms with Gasteiger partial charge in [0.15, 0.2) is 0 Å². The van der Waals surface area contributed by atoms with Gasteiger partial charge in [-0.3, -0.25) is 14.4 Å². The lowest BCUT2D eigenvalue weighted by atomic mass is 9.78. The number of nitrogens with zero attached hydrogens (tertiary/aromatic N) is 1. The molecule has 3 rings (SSSR count). The predicted octanol–water partition coefficient (Wildman–Crippen LogP) is 4.77. The minimum absolute atomic E-state index is 0.0623. The van der Waals surface area contributed by atoms with Crippen LogP contribution in [0.3, 0.4) is 0 Å². The Hall–Kier alpha value is -3.48. The molecule has 2 N–H and O–H groups in total. The van der Waals surface area contributed by atoms with Gasteiger partial charge in [-0.15, -0.1) is 0 Å². The Kier molecular flexibility index (Phi) is 9.24. The number of halogens is 1. The van der Waals surface area contributed by atoms with E-state index in [0.29, 0.717) is 17.9 Å². The van der Waals surface area contributed by atoms with Crippen LogP contribution in [0.2, 0.25) is 5.02 Å². The molecular weight excluding hydrogens is 514 g/mol. The average Bonchev–Trinajstić information content (AvgIpc) is 2.85. The second-order valence-corrected chi connectivity index (χ2v) is 9.95. The molecule has 0 spiro atoms. The van der Waals surface area contributed by atoms with E-state index in [9.17, 15) is 19.6 Å². The third-order valence-corrected chi connectivity index (χ3v) is 7.20. The van der Waals surface area contributed by atoms with Gasteiger partial charge in [0.25, 0.3) is 0 Å². The summed E-state index contributed by atoms with van der Waals surface area (Å²) < 4.78 is 10.3. The van der Waals surface area contributed by atoms with Crippen molar-refractivity contribution in [3.8, 4) is 11.8 Å². The number of aryl methyl sites for hydroxylation is 3. The van der Waals surface area contributed by atoms with Crippen LogP contribution in [-0.4, -0.2) is 37.3 Å². The number of methoxy groups -OCH3 is 1. The molecule has 37 heavy (non-hydrogen) atoms. The molecule has 10 heteroatoms. The van der Waals surface area contributed by atoms with Crippen molar-refractivity contribution in [3.63, 3.8) is 0 Å². The molecule has 0 radical (unpaired) electrons. The van der Waals surface area contributed by atoms with Crippen molar-refractivity contribution >= 4 is 46.8 Å². The maximum absolute atomic E-state index is 13.0. The van der Waals surface area contributed by atoms with Crippen LogP contribution in [0.1, 0.15) is 35.1 Å². The number of hydrogen-bond donors (Lipinski definition) is 2. The van der Waals surface area contributed by atoms with Crippen molar-refractivity contribution in [2.45, 2.75) is 33.6 Å². The van der Waals surface area contributed by atoms with Crippen LogP contribution in [0, 0.1) is 38.0 Å². The summed E-state index contributed by atoms with van der Waals surface area (Å²) in [5.74, 6) is -3.58. The lowest BCUT2D eigenvalue weighted by molar-refractivity contribution is -0.150. The largest absolute Gasteiger partial charge is 0.492 e. The zero-order valence-corrected chi connectivity index (χ0v) is 22.8. The second kappa shape index (κ2) is 12.2. The van der Waals surface area contributed by atoms with Crippen molar-refractivity contribution in [2.75, 3.05) is 24.8 Å². The van der Waals surface area contributed by atoms with Crippen LogP contribution in [0.25, 0.3) is 0 Å². The first-order valence-corrected chi connectivity index (χ1v) is 12.9. The molecule has 0 saturated carbocycles. The van der Waals surface area contributed by atoms with E-state index in [2.05, 4.69) is 16.7 Å². The molecule has 2 amide bonds. The van der Waals surface area contributed by atoms with Gasteiger partial charge in [0.05, 0.1) is 41.2 Å². The molecule has 2 atom stereocenters. The molecule has 1 aliphatic heterocycles. The van der Waals surface area contributed by atoms with E-state index in [-0.39, 0.29) is 27.3 Å². The number of carbonyl (C=O) groups is 3. The van der Waals surface area contributed by atoms with Crippen LogP contribution >= 0.6 is 23.4 Å². The number of esters is 1. The molecular formula is C27H28ClN3O5S. The average molecular weight is 542 g/mol. The topological polar surface area (TPSA) is 118 Å². The summed E-state index contributed by atoms with van der Waals surface area (Å²) in [6, 6.07) is 10.9. The van der Waals surface area contributed by atoms with E-state index in [1.807, 2.05) is 39.8 Å². The number of carbonyl (C=O) groups excluding carboxylic acids is 3. The Morgan fingerprint density at radius 3 is 2.43 bits per heavy atom. The van der Waals surface area contributed by atoms with Gasteiger partial charge in [0.2, 0.25) is 11.8 Å². The summed E-state index contributed by atoms with van der Waals surface area (Å²) in [4.78, 5) is 38.4. The third kappa shape index (κ3) is 6.27. The van der Waals surface area contributed by atoms with Gasteiger partial charge >= 0.3 is 5.97 Å². The summed E-state index contributed by atoms with van der Waals surface area (Å²) in [6.07, 6.45) is 0. The first-order valence-electron chi connectivity index (χ1n) is 11.6. The molecule has 2 aromatic carbocycles. The fourth-order valence-corrected chi connectivity index (χ4v) is 5.45. The standard InChI is InChI=1S/C27H28ClN3O5S/c1-6-36-20-8-7-17(11-19(20)28)22-18(12-29)26(31-25(33)23(22)27(34)35-5)37-13-21(32)30-24-15(3)9-14(2)10-16(24)4/h7-11,22-23H,6,13H2,1-5H3,(H,30,32)(H,31,33)/t22-,23-/m0/s1. The number of ether oxygens (including phenoxy) is 2. The number of nitrogens with one attached hydrogen (secondary N) is 2. The monoisotopic (exact) mass is 541 g/mol. The van der Waals surface area contributed by atoms with E-state index < -0.39 is 23.7 Å². The fraction of sp³-hybridized carbons (Fsp3) is 0.333. The van der Waals surface area contributed by atoms with Crippen molar-refractivity contribution in [1.29, 1.82) is 5.26 Å². The van der Waals surface area contributed by atoms with Crippen LogP contribution in [0.4, 0.5) is 5.69 Å². The van der Waals surface area contributed by atoms with Gasteiger partial charge in [0, 0.05) is 11.6 Å². The normalized spacial score (nSPS) is 17.1. The highest BCUT2D eigenvalue weighted by Crippen LogP contribution is 2.42. The molecule has 194 valence electrons. The molecule has 2 aromatic rings. The smallest absolute Gasteiger partial charge is 0.319 e. The summed E-state index contributed by atoms with van der Waals surface area (Å²) in [5, 5.41) is 16.1. The Morgan fingerprint density at radius 2 is 1.86 bits per heavy atom. The van der Waals surface area contributed by atoms with Crippen LogP contribution in [0.15, 0.2) is 40.9 Å². The second-order valence-electron chi connectivity index (χ2n) is 8.56. The van der Waals surface area contributed by atoms with Gasteiger partial charge in [0.1, 0.15) is 11.7 Å². The Balaban J connectivity index is 1.93. The minimum Gasteiger partial charge on any atom is -0.492 e. The number of rotatable bonds is 8. The first kappa shape index (κ1) is 28.1. The summed E-state index contributed by atoms with van der Waals surface area (Å²) in [5.41, 5.74) is 4.31. The molecule has 0 fully saturated rings. The summed E-state index contributed by atoms with van der Waals surface area (Å²) in [7, 11) is 1.18. The molecule has 8 nitrogen and oxygen atoms in total. The van der Waals surface area contributed by atoms with E-state index in [1.165, 1.54) is 7.11 Å². The van der Waals surface area contributed by atoms with Gasteiger partial charge in [-0.05, 0) is 56.5 Å². The quantitative estimate of drug-likeness (QED) is 0.365. The number of amides is 2. The van der Waals surface area contributed by atoms with E-state index in [0.717, 1.165) is 34.1 Å². The summed E-state index contributed by atoms with van der Waals surface area (Å²) >= 11 is 7.38.